The number of rotatable bonds is 7. The molecule has 1 heterocycles. The van der Waals surface area contributed by atoms with Crippen molar-refractivity contribution in [3.63, 3.8) is 0 Å². The van der Waals surface area contributed by atoms with Crippen molar-refractivity contribution in [1.82, 2.24) is 4.98 Å². The Bertz CT molecular complexity index is 1210. The van der Waals surface area contributed by atoms with E-state index in [1.165, 1.54) is 11.6 Å². The minimum absolute atomic E-state index is 0.0126. The van der Waals surface area contributed by atoms with E-state index in [1.807, 2.05) is 18.3 Å². The lowest BCUT2D eigenvalue weighted by atomic mass is 9.83. The number of benzene rings is 2. The lowest BCUT2D eigenvalue weighted by molar-refractivity contribution is -0.123. The van der Waals surface area contributed by atoms with Crippen LogP contribution >= 0.6 is 0 Å². The van der Waals surface area contributed by atoms with E-state index in [0.29, 0.717) is 35.7 Å². The zero-order chi connectivity index (χ0) is 23.8. The molecule has 3 aromatic rings. The quantitative estimate of drug-likeness (QED) is 0.473. The summed E-state index contributed by atoms with van der Waals surface area (Å²) in [6, 6.07) is 13.9. The number of fused-ring (bicyclic) bond motifs is 2. The van der Waals surface area contributed by atoms with Crippen LogP contribution in [-0.4, -0.2) is 28.3 Å². The molecular weight excluding hydrogens is 429 g/mol. The molecule has 0 saturated heterocycles. The lowest BCUT2D eigenvalue weighted by Gasteiger charge is -2.21. The summed E-state index contributed by atoms with van der Waals surface area (Å²) in [4.78, 5) is 29.0. The molecule has 176 valence electrons. The van der Waals surface area contributed by atoms with Crippen molar-refractivity contribution in [2.75, 3.05) is 6.61 Å². The molecule has 0 bridgehead atoms. The van der Waals surface area contributed by atoms with Crippen molar-refractivity contribution in [1.29, 1.82) is 0 Å². The van der Waals surface area contributed by atoms with E-state index >= 15 is 0 Å². The van der Waals surface area contributed by atoms with E-state index in [9.17, 15) is 14.0 Å². The first-order chi connectivity index (χ1) is 16.4. The second-order valence-corrected chi connectivity index (χ2v) is 10.2. The summed E-state index contributed by atoms with van der Waals surface area (Å²) in [6.07, 6.45) is 6.55. The topological polar surface area (TPSA) is 67.3 Å². The van der Waals surface area contributed by atoms with Gasteiger partial charge in [0.25, 0.3) is 0 Å². The number of aliphatic hydroxyl groups excluding tert-OH is 1. The van der Waals surface area contributed by atoms with Crippen molar-refractivity contribution < 1.29 is 19.1 Å². The number of hydrogen-bond acceptors (Lipinski definition) is 4. The Kier molecular flexibility index (Phi) is 6.30. The highest BCUT2D eigenvalue weighted by Crippen LogP contribution is 2.54. The molecule has 0 radical (unpaired) electrons. The Hall–Kier alpha value is -2.92. The van der Waals surface area contributed by atoms with E-state index in [0.717, 1.165) is 42.1 Å². The Morgan fingerprint density at radius 3 is 2.41 bits per heavy atom. The molecule has 5 atom stereocenters. The standard InChI is InChI=1S/C29H30FNO3/c1-17(28(33)10-18-2-4-19(5-3-18)29(34)16-32)20-11-21-13-23(14-22(21)12-20)25-8-9-31-27-7-6-24(30)15-26(25)27/h2-9,15,17,20-23,32H,10-14,16H2,1H3/t17?,20?,21-,22+,23?. The second kappa shape index (κ2) is 9.38. The third-order valence-electron chi connectivity index (χ3n) is 8.24. The Labute approximate surface area is 199 Å². The fourth-order valence-electron chi connectivity index (χ4n) is 6.35. The van der Waals surface area contributed by atoms with Gasteiger partial charge in [-0.1, -0.05) is 31.2 Å². The monoisotopic (exact) mass is 459 g/mol. The van der Waals surface area contributed by atoms with Gasteiger partial charge < -0.3 is 5.11 Å². The molecular formula is C29H30FNO3. The maximum Gasteiger partial charge on any atom is 0.188 e. The first kappa shape index (κ1) is 22.9. The first-order valence-corrected chi connectivity index (χ1v) is 12.2. The number of nitrogens with zero attached hydrogens (tertiary/aromatic N) is 1. The summed E-state index contributed by atoms with van der Waals surface area (Å²) in [7, 11) is 0. The molecule has 3 unspecified atom stereocenters. The molecule has 0 amide bonds. The van der Waals surface area contributed by atoms with Gasteiger partial charge in [0, 0.05) is 29.5 Å². The highest BCUT2D eigenvalue weighted by molar-refractivity contribution is 5.97. The van der Waals surface area contributed by atoms with Crippen LogP contribution in [0.4, 0.5) is 4.39 Å². The summed E-state index contributed by atoms with van der Waals surface area (Å²) in [5.41, 5.74) is 3.43. The summed E-state index contributed by atoms with van der Waals surface area (Å²) in [5.74, 6) is 1.79. The van der Waals surface area contributed by atoms with Crippen molar-refractivity contribution >= 4 is 22.5 Å². The van der Waals surface area contributed by atoms with Crippen LogP contribution < -0.4 is 0 Å². The van der Waals surface area contributed by atoms with E-state index in [2.05, 4.69) is 18.0 Å². The van der Waals surface area contributed by atoms with Crippen molar-refractivity contribution in [2.24, 2.45) is 23.7 Å². The maximum atomic E-state index is 13.9. The Morgan fingerprint density at radius 2 is 1.74 bits per heavy atom. The Balaban J connectivity index is 1.21. The number of hydrogen-bond donors (Lipinski definition) is 1. The molecule has 2 aliphatic carbocycles. The number of aromatic nitrogens is 1. The number of carbonyl (C=O) groups excluding carboxylic acids is 2. The number of carbonyl (C=O) groups is 2. The first-order valence-electron chi connectivity index (χ1n) is 12.2. The van der Waals surface area contributed by atoms with Crippen LogP contribution in [0.5, 0.6) is 0 Å². The largest absolute Gasteiger partial charge is 0.388 e. The minimum atomic E-state index is -0.506. The van der Waals surface area contributed by atoms with E-state index < -0.39 is 6.61 Å². The van der Waals surface area contributed by atoms with Crippen LogP contribution in [0.25, 0.3) is 10.9 Å². The van der Waals surface area contributed by atoms with Crippen molar-refractivity contribution in [2.45, 2.75) is 44.9 Å². The molecule has 2 saturated carbocycles. The number of ketones is 2. The second-order valence-electron chi connectivity index (χ2n) is 10.2. The molecule has 5 heteroatoms. The average Bonchev–Trinajstić information content (AvgIpc) is 3.42. The molecule has 2 aliphatic rings. The van der Waals surface area contributed by atoms with Crippen LogP contribution in [0.15, 0.2) is 54.7 Å². The molecule has 34 heavy (non-hydrogen) atoms. The van der Waals surface area contributed by atoms with Crippen LogP contribution in [0.3, 0.4) is 0 Å². The SMILES string of the molecule is CC(C(=O)Cc1ccc(C(=O)CO)cc1)C1C[C@H]2CC(c3ccnc4ccc(F)cc34)C[C@H]2C1. The molecule has 1 N–H and O–H groups in total. The number of pyridine rings is 1. The summed E-state index contributed by atoms with van der Waals surface area (Å²) in [5, 5.41) is 9.91. The summed E-state index contributed by atoms with van der Waals surface area (Å²) in [6.45, 7) is 1.56. The normalized spacial score (nSPS) is 24.8. The minimum Gasteiger partial charge on any atom is -0.388 e. The highest BCUT2D eigenvalue weighted by atomic mass is 19.1. The van der Waals surface area contributed by atoms with Gasteiger partial charge in [0.05, 0.1) is 5.52 Å². The molecule has 0 spiro atoms. The van der Waals surface area contributed by atoms with Gasteiger partial charge >= 0.3 is 0 Å². The predicted octanol–water partition coefficient (Wildman–Crippen LogP) is 5.52. The fraction of sp³-hybridized carbons (Fsp3) is 0.414. The molecule has 0 aliphatic heterocycles. The zero-order valence-corrected chi connectivity index (χ0v) is 19.4. The van der Waals surface area contributed by atoms with Gasteiger partial charge in [0.1, 0.15) is 18.2 Å². The van der Waals surface area contributed by atoms with E-state index in [-0.39, 0.29) is 23.3 Å². The molecule has 2 aromatic carbocycles. The van der Waals surface area contributed by atoms with Crippen LogP contribution in [0.2, 0.25) is 0 Å². The summed E-state index contributed by atoms with van der Waals surface area (Å²) < 4.78 is 13.9. The highest BCUT2D eigenvalue weighted by Gasteiger charge is 2.44. The number of halogens is 1. The third kappa shape index (κ3) is 4.41. The smallest absolute Gasteiger partial charge is 0.188 e. The van der Waals surface area contributed by atoms with Gasteiger partial charge in [-0.2, -0.15) is 0 Å². The van der Waals surface area contributed by atoms with Gasteiger partial charge in [-0.05, 0) is 84.7 Å². The third-order valence-corrected chi connectivity index (χ3v) is 8.24. The molecule has 4 nitrogen and oxygen atoms in total. The molecule has 1 aromatic heterocycles. The number of aliphatic hydroxyl groups is 1. The summed E-state index contributed by atoms with van der Waals surface area (Å²) >= 11 is 0. The molecule has 2 fully saturated rings. The maximum absolute atomic E-state index is 13.9. The van der Waals surface area contributed by atoms with Crippen molar-refractivity contribution in [3.8, 4) is 0 Å². The zero-order valence-electron chi connectivity index (χ0n) is 19.4. The predicted molar refractivity (Wildman–Crippen MR) is 129 cm³/mol. The number of Topliss-reactive ketones (excluding diaryl/α,β-unsaturated/α-hetero) is 2. The molecule has 5 rings (SSSR count). The van der Waals surface area contributed by atoms with Crippen molar-refractivity contribution in [3.05, 3.63) is 77.2 Å². The fourth-order valence-corrected chi connectivity index (χ4v) is 6.35. The van der Waals surface area contributed by atoms with Crippen LogP contribution in [-0.2, 0) is 11.2 Å². The van der Waals surface area contributed by atoms with Gasteiger partial charge in [0.2, 0.25) is 0 Å². The van der Waals surface area contributed by atoms with Crippen LogP contribution in [0, 0.1) is 29.5 Å². The van der Waals surface area contributed by atoms with Gasteiger partial charge in [0.15, 0.2) is 5.78 Å². The van der Waals surface area contributed by atoms with Gasteiger partial charge in [-0.3, -0.25) is 14.6 Å². The van der Waals surface area contributed by atoms with E-state index in [4.69, 9.17) is 5.11 Å². The van der Waals surface area contributed by atoms with Gasteiger partial charge in [-0.25, -0.2) is 4.39 Å². The Morgan fingerprint density at radius 1 is 1.03 bits per heavy atom. The lowest BCUT2D eigenvalue weighted by Crippen LogP contribution is -2.21. The van der Waals surface area contributed by atoms with Crippen LogP contribution in [0.1, 0.15) is 60.0 Å². The van der Waals surface area contributed by atoms with E-state index in [1.54, 1.807) is 24.3 Å². The average molecular weight is 460 g/mol. The van der Waals surface area contributed by atoms with Gasteiger partial charge in [-0.15, -0.1) is 0 Å².